The first kappa shape index (κ1) is 17.1. The molecule has 6 heteroatoms. The van der Waals surface area contributed by atoms with Gasteiger partial charge in [0.1, 0.15) is 5.82 Å². The summed E-state index contributed by atoms with van der Waals surface area (Å²) in [5.41, 5.74) is 4.94. The van der Waals surface area contributed by atoms with Gasteiger partial charge in [0.2, 0.25) is 5.91 Å². The van der Waals surface area contributed by atoms with E-state index >= 15 is 0 Å². The molecular formula is C19H20N4OS. The van der Waals surface area contributed by atoms with Crippen molar-refractivity contribution in [2.75, 3.05) is 10.6 Å². The van der Waals surface area contributed by atoms with E-state index in [1.54, 1.807) is 6.20 Å². The van der Waals surface area contributed by atoms with E-state index in [0.29, 0.717) is 0 Å². The Morgan fingerprint density at radius 3 is 2.68 bits per heavy atom. The molecule has 0 aliphatic rings. The molecule has 0 fully saturated rings. The molecule has 2 N–H and O–H groups in total. The normalized spacial score (nSPS) is 10.5. The van der Waals surface area contributed by atoms with Crippen molar-refractivity contribution < 1.29 is 4.79 Å². The standard InChI is InChI=1S/C19H20N4OS/c1-12-4-5-16(14(3)8-12)22-18(24)10-15-11-25-19(21-15)23-17-9-13(2)6-7-20-17/h4-9,11H,10H2,1-3H3,(H,22,24)(H,20,21,23). The number of benzene rings is 1. The van der Waals surface area contributed by atoms with Gasteiger partial charge in [0.05, 0.1) is 12.1 Å². The van der Waals surface area contributed by atoms with Crippen LogP contribution in [0.2, 0.25) is 0 Å². The molecule has 0 saturated carbocycles. The van der Waals surface area contributed by atoms with Crippen LogP contribution in [-0.4, -0.2) is 15.9 Å². The fourth-order valence-electron chi connectivity index (χ4n) is 2.47. The van der Waals surface area contributed by atoms with Gasteiger partial charge >= 0.3 is 0 Å². The first-order chi connectivity index (χ1) is 12.0. The van der Waals surface area contributed by atoms with Gasteiger partial charge in [-0.2, -0.15) is 0 Å². The fourth-order valence-corrected chi connectivity index (χ4v) is 3.19. The number of amides is 1. The average molecular weight is 352 g/mol. The zero-order chi connectivity index (χ0) is 17.8. The highest BCUT2D eigenvalue weighted by atomic mass is 32.1. The van der Waals surface area contributed by atoms with Crippen LogP contribution in [0.15, 0.2) is 41.9 Å². The van der Waals surface area contributed by atoms with Crippen LogP contribution in [-0.2, 0) is 11.2 Å². The molecule has 1 aromatic carbocycles. The minimum absolute atomic E-state index is 0.0718. The predicted molar refractivity (Wildman–Crippen MR) is 103 cm³/mol. The fraction of sp³-hybridized carbons (Fsp3) is 0.211. The van der Waals surface area contributed by atoms with Crippen LogP contribution in [0.1, 0.15) is 22.4 Å². The second-order valence-electron chi connectivity index (χ2n) is 6.03. The van der Waals surface area contributed by atoms with Crippen molar-refractivity contribution in [3.05, 3.63) is 64.3 Å². The summed E-state index contributed by atoms with van der Waals surface area (Å²) < 4.78 is 0. The third-order valence-electron chi connectivity index (χ3n) is 3.70. The highest BCUT2D eigenvalue weighted by molar-refractivity contribution is 7.13. The second-order valence-corrected chi connectivity index (χ2v) is 6.89. The summed E-state index contributed by atoms with van der Waals surface area (Å²) in [5, 5.41) is 8.73. The maximum absolute atomic E-state index is 12.3. The minimum Gasteiger partial charge on any atom is -0.326 e. The summed E-state index contributed by atoms with van der Waals surface area (Å²) >= 11 is 1.46. The van der Waals surface area contributed by atoms with E-state index in [2.05, 4.69) is 26.7 Å². The number of nitrogens with zero attached hydrogens (tertiary/aromatic N) is 2. The maximum atomic E-state index is 12.3. The number of aromatic nitrogens is 2. The van der Waals surface area contributed by atoms with Crippen molar-refractivity contribution >= 4 is 33.9 Å². The molecule has 0 radical (unpaired) electrons. The number of pyridine rings is 1. The molecule has 5 nitrogen and oxygen atoms in total. The van der Waals surface area contributed by atoms with Crippen molar-refractivity contribution in [2.24, 2.45) is 0 Å². The molecule has 3 aromatic rings. The molecule has 0 unspecified atom stereocenters. The molecule has 3 rings (SSSR count). The first-order valence-electron chi connectivity index (χ1n) is 8.01. The molecule has 2 heterocycles. The number of rotatable bonds is 5. The van der Waals surface area contributed by atoms with E-state index in [-0.39, 0.29) is 12.3 Å². The highest BCUT2D eigenvalue weighted by Gasteiger charge is 2.10. The van der Waals surface area contributed by atoms with Gasteiger partial charge in [0.15, 0.2) is 5.13 Å². The van der Waals surface area contributed by atoms with E-state index in [0.717, 1.165) is 33.5 Å². The Bertz CT molecular complexity index is 904. The highest BCUT2D eigenvalue weighted by Crippen LogP contribution is 2.21. The lowest BCUT2D eigenvalue weighted by molar-refractivity contribution is -0.115. The molecule has 128 valence electrons. The third-order valence-corrected chi connectivity index (χ3v) is 4.51. The summed E-state index contributed by atoms with van der Waals surface area (Å²) in [7, 11) is 0. The summed E-state index contributed by atoms with van der Waals surface area (Å²) in [5.74, 6) is 0.679. The number of hydrogen-bond donors (Lipinski definition) is 2. The number of hydrogen-bond acceptors (Lipinski definition) is 5. The number of carbonyl (C=O) groups is 1. The Morgan fingerprint density at radius 1 is 1.12 bits per heavy atom. The van der Waals surface area contributed by atoms with E-state index < -0.39 is 0 Å². The van der Waals surface area contributed by atoms with Crippen molar-refractivity contribution in [2.45, 2.75) is 27.2 Å². The van der Waals surface area contributed by atoms with Crippen molar-refractivity contribution in [3.8, 4) is 0 Å². The average Bonchev–Trinajstić information content (AvgIpc) is 2.97. The van der Waals surface area contributed by atoms with Gasteiger partial charge in [-0.15, -0.1) is 11.3 Å². The summed E-state index contributed by atoms with van der Waals surface area (Å²) in [4.78, 5) is 21.0. The van der Waals surface area contributed by atoms with Gasteiger partial charge < -0.3 is 10.6 Å². The molecule has 0 aliphatic heterocycles. The van der Waals surface area contributed by atoms with Gasteiger partial charge in [-0.25, -0.2) is 9.97 Å². The van der Waals surface area contributed by atoms with Gasteiger partial charge in [-0.05, 0) is 50.1 Å². The molecule has 0 saturated heterocycles. The Hall–Kier alpha value is -2.73. The summed E-state index contributed by atoms with van der Waals surface area (Å²) in [6.07, 6.45) is 2.00. The largest absolute Gasteiger partial charge is 0.326 e. The van der Waals surface area contributed by atoms with Gasteiger partial charge in [-0.1, -0.05) is 17.7 Å². The molecule has 2 aromatic heterocycles. The van der Waals surface area contributed by atoms with E-state index in [1.165, 1.54) is 16.9 Å². The van der Waals surface area contributed by atoms with Crippen LogP contribution in [0.25, 0.3) is 0 Å². The number of aryl methyl sites for hydroxylation is 3. The number of anilines is 3. The zero-order valence-corrected chi connectivity index (χ0v) is 15.3. The minimum atomic E-state index is -0.0718. The summed E-state index contributed by atoms with van der Waals surface area (Å²) in [6.45, 7) is 6.03. The van der Waals surface area contributed by atoms with E-state index in [1.807, 2.05) is 50.4 Å². The van der Waals surface area contributed by atoms with Crippen LogP contribution in [0, 0.1) is 20.8 Å². The predicted octanol–water partition coefficient (Wildman–Crippen LogP) is 4.39. The van der Waals surface area contributed by atoms with E-state index in [4.69, 9.17) is 0 Å². The summed E-state index contributed by atoms with van der Waals surface area (Å²) in [6, 6.07) is 9.86. The molecule has 0 atom stereocenters. The molecule has 25 heavy (non-hydrogen) atoms. The first-order valence-corrected chi connectivity index (χ1v) is 8.89. The Labute approximate surface area is 151 Å². The number of carbonyl (C=O) groups excluding carboxylic acids is 1. The lowest BCUT2D eigenvalue weighted by Gasteiger charge is -2.08. The second kappa shape index (κ2) is 7.44. The Balaban J connectivity index is 1.61. The Morgan fingerprint density at radius 2 is 1.92 bits per heavy atom. The molecular weight excluding hydrogens is 332 g/mol. The zero-order valence-electron chi connectivity index (χ0n) is 14.5. The van der Waals surface area contributed by atoms with Gasteiger partial charge in [0.25, 0.3) is 0 Å². The monoisotopic (exact) mass is 352 g/mol. The third kappa shape index (κ3) is 4.64. The van der Waals surface area contributed by atoms with Crippen LogP contribution < -0.4 is 10.6 Å². The number of nitrogens with one attached hydrogen (secondary N) is 2. The Kier molecular flexibility index (Phi) is 5.09. The lowest BCUT2D eigenvalue weighted by atomic mass is 10.1. The SMILES string of the molecule is Cc1ccnc(Nc2nc(CC(=O)Nc3ccc(C)cc3C)cs2)c1. The van der Waals surface area contributed by atoms with Crippen LogP contribution in [0.5, 0.6) is 0 Å². The maximum Gasteiger partial charge on any atom is 0.230 e. The van der Waals surface area contributed by atoms with Crippen LogP contribution in [0.3, 0.4) is 0 Å². The molecule has 1 amide bonds. The quantitative estimate of drug-likeness (QED) is 0.715. The van der Waals surface area contributed by atoms with Gasteiger partial charge in [0, 0.05) is 17.3 Å². The van der Waals surface area contributed by atoms with Gasteiger partial charge in [-0.3, -0.25) is 4.79 Å². The molecule has 0 aliphatic carbocycles. The number of thiazole rings is 1. The topological polar surface area (TPSA) is 66.9 Å². The van der Waals surface area contributed by atoms with Crippen molar-refractivity contribution in [3.63, 3.8) is 0 Å². The van der Waals surface area contributed by atoms with Crippen LogP contribution in [0.4, 0.5) is 16.6 Å². The van der Waals surface area contributed by atoms with Crippen LogP contribution >= 0.6 is 11.3 Å². The lowest BCUT2D eigenvalue weighted by Crippen LogP contribution is -2.15. The van der Waals surface area contributed by atoms with Crippen molar-refractivity contribution in [1.82, 2.24) is 9.97 Å². The van der Waals surface area contributed by atoms with E-state index in [9.17, 15) is 4.79 Å². The molecule has 0 bridgehead atoms. The molecule has 0 spiro atoms. The smallest absolute Gasteiger partial charge is 0.230 e. The van der Waals surface area contributed by atoms with Crippen molar-refractivity contribution in [1.29, 1.82) is 0 Å².